The average Bonchev–Trinajstić information content (AvgIpc) is 2.80. The number of hydrogen-bond donors (Lipinski definition) is 1. The van der Waals surface area contributed by atoms with Gasteiger partial charge in [0.1, 0.15) is 12.1 Å². The summed E-state index contributed by atoms with van der Waals surface area (Å²) in [4.78, 5) is 8.72. The molecule has 0 aliphatic heterocycles. The summed E-state index contributed by atoms with van der Waals surface area (Å²) in [6, 6.07) is 8.20. The first-order chi connectivity index (χ1) is 15.4. The van der Waals surface area contributed by atoms with Gasteiger partial charge in [-0.05, 0) is 42.9 Å². The molecule has 0 amide bonds. The third kappa shape index (κ3) is 12.4. The van der Waals surface area contributed by atoms with Crippen LogP contribution >= 0.6 is 11.8 Å². The molecule has 0 aliphatic rings. The van der Waals surface area contributed by atoms with Crippen LogP contribution in [0.4, 0.5) is 5.82 Å². The fraction of sp³-hybridized carbons (Fsp3) is 0.704. The molecule has 4 heteroatoms. The van der Waals surface area contributed by atoms with Crippen LogP contribution in [0.2, 0.25) is 0 Å². The molecule has 0 bridgehead atoms. The first-order valence-electron chi connectivity index (χ1n) is 12.9. The van der Waals surface area contributed by atoms with Gasteiger partial charge in [-0.2, -0.15) is 11.8 Å². The number of para-hydroxylation sites is 1. The summed E-state index contributed by atoms with van der Waals surface area (Å²) < 4.78 is 0. The Bertz CT molecular complexity index is 671. The maximum Gasteiger partial charge on any atom is 0.137 e. The molecule has 0 atom stereocenters. The van der Waals surface area contributed by atoms with Crippen LogP contribution in [0.15, 0.2) is 30.6 Å². The van der Waals surface area contributed by atoms with Gasteiger partial charge in [-0.1, -0.05) is 96.1 Å². The molecule has 1 heterocycles. The topological polar surface area (TPSA) is 37.8 Å². The number of nitrogens with zero attached hydrogens (tertiary/aromatic N) is 2. The molecule has 2 aromatic rings. The fourth-order valence-corrected chi connectivity index (χ4v) is 5.03. The molecule has 0 aliphatic carbocycles. The van der Waals surface area contributed by atoms with E-state index in [9.17, 15) is 0 Å². The normalized spacial score (nSPS) is 11.3. The number of thioether (sulfide) groups is 1. The molecule has 174 valence electrons. The minimum absolute atomic E-state index is 0.967. The van der Waals surface area contributed by atoms with Crippen LogP contribution in [-0.4, -0.2) is 28.0 Å². The number of nitrogens with one attached hydrogen (secondary N) is 1. The Hall–Kier alpha value is -1.29. The predicted octanol–water partition coefficient (Wildman–Crippen LogP) is 8.65. The van der Waals surface area contributed by atoms with Gasteiger partial charge in [-0.15, -0.1) is 0 Å². The molecule has 0 saturated carbocycles. The van der Waals surface area contributed by atoms with Gasteiger partial charge in [0.05, 0.1) is 5.52 Å². The second-order valence-corrected chi connectivity index (χ2v) is 9.95. The summed E-state index contributed by atoms with van der Waals surface area (Å²) in [5.74, 6) is 3.68. The van der Waals surface area contributed by atoms with Gasteiger partial charge in [0.15, 0.2) is 0 Å². The summed E-state index contributed by atoms with van der Waals surface area (Å²) >= 11 is 2.17. The van der Waals surface area contributed by atoms with Crippen LogP contribution in [0.5, 0.6) is 0 Å². The van der Waals surface area contributed by atoms with Crippen LogP contribution < -0.4 is 5.32 Å². The van der Waals surface area contributed by atoms with E-state index >= 15 is 0 Å². The standard InChI is InChI=1S/C27H45N3S/c1-2-3-4-5-6-7-8-9-12-17-22-31-23-18-13-10-11-16-21-28-27-25-19-14-15-20-26(25)29-24-30-27/h14-15,19-20,24H,2-13,16-18,21-23H2,1H3,(H,28,29,30). The second kappa shape index (κ2) is 18.3. The summed E-state index contributed by atoms with van der Waals surface area (Å²) in [5, 5.41) is 4.60. The number of rotatable bonds is 20. The Morgan fingerprint density at radius 2 is 1.26 bits per heavy atom. The van der Waals surface area contributed by atoms with Crippen molar-refractivity contribution in [2.24, 2.45) is 0 Å². The zero-order valence-electron chi connectivity index (χ0n) is 19.9. The van der Waals surface area contributed by atoms with Crippen molar-refractivity contribution in [3.8, 4) is 0 Å². The minimum atomic E-state index is 0.967. The van der Waals surface area contributed by atoms with Crippen molar-refractivity contribution < 1.29 is 0 Å². The molecular formula is C27H45N3S. The smallest absolute Gasteiger partial charge is 0.137 e. The van der Waals surface area contributed by atoms with Gasteiger partial charge in [0.25, 0.3) is 0 Å². The number of hydrogen-bond acceptors (Lipinski definition) is 4. The van der Waals surface area contributed by atoms with E-state index in [0.717, 1.165) is 23.3 Å². The van der Waals surface area contributed by atoms with Crippen molar-refractivity contribution in [1.82, 2.24) is 9.97 Å². The zero-order chi connectivity index (χ0) is 21.8. The van der Waals surface area contributed by atoms with Gasteiger partial charge >= 0.3 is 0 Å². The van der Waals surface area contributed by atoms with E-state index in [0.29, 0.717) is 0 Å². The number of unbranched alkanes of at least 4 members (excludes halogenated alkanes) is 13. The lowest BCUT2D eigenvalue weighted by Gasteiger charge is -2.08. The number of anilines is 1. The van der Waals surface area contributed by atoms with Crippen LogP contribution in [0, 0.1) is 0 Å². The molecule has 0 fully saturated rings. The van der Waals surface area contributed by atoms with Gasteiger partial charge in [0, 0.05) is 11.9 Å². The Kier molecular flexibility index (Phi) is 15.3. The van der Waals surface area contributed by atoms with Crippen molar-refractivity contribution in [2.45, 2.75) is 103 Å². The summed E-state index contributed by atoms with van der Waals surface area (Å²) in [7, 11) is 0. The predicted molar refractivity (Wildman–Crippen MR) is 140 cm³/mol. The van der Waals surface area contributed by atoms with Crippen molar-refractivity contribution in [3.63, 3.8) is 0 Å². The number of fused-ring (bicyclic) bond motifs is 1. The highest BCUT2D eigenvalue weighted by Gasteiger charge is 2.01. The van der Waals surface area contributed by atoms with Gasteiger partial charge < -0.3 is 5.32 Å². The molecule has 0 radical (unpaired) electrons. The highest BCUT2D eigenvalue weighted by Crippen LogP contribution is 2.18. The van der Waals surface area contributed by atoms with Gasteiger partial charge in [-0.25, -0.2) is 9.97 Å². The van der Waals surface area contributed by atoms with E-state index in [1.54, 1.807) is 6.33 Å². The lowest BCUT2D eigenvalue weighted by molar-refractivity contribution is 0.563. The number of aromatic nitrogens is 2. The molecule has 0 saturated heterocycles. The first kappa shape index (κ1) is 26.0. The SMILES string of the molecule is CCCCCCCCCCCCSCCCCCCCNc1ncnc2ccccc12. The summed E-state index contributed by atoms with van der Waals surface area (Å²) in [6.07, 6.45) is 22.7. The molecule has 0 unspecified atom stereocenters. The molecule has 1 aromatic heterocycles. The van der Waals surface area contributed by atoms with Gasteiger partial charge in [0.2, 0.25) is 0 Å². The molecule has 1 aromatic carbocycles. The molecule has 3 nitrogen and oxygen atoms in total. The molecule has 31 heavy (non-hydrogen) atoms. The maximum atomic E-state index is 4.40. The highest BCUT2D eigenvalue weighted by molar-refractivity contribution is 7.99. The monoisotopic (exact) mass is 443 g/mol. The molecule has 1 N–H and O–H groups in total. The lowest BCUT2D eigenvalue weighted by atomic mass is 10.1. The Labute approximate surface area is 195 Å². The zero-order valence-corrected chi connectivity index (χ0v) is 20.7. The van der Waals surface area contributed by atoms with E-state index < -0.39 is 0 Å². The van der Waals surface area contributed by atoms with Gasteiger partial charge in [-0.3, -0.25) is 0 Å². The van der Waals surface area contributed by atoms with Crippen LogP contribution in [0.25, 0.3) is 10.9 Å². The average molecular weight is 444 g/mol. The van der Waals surface area contributed by atoms with E-state index in [2.05, 4.69) is 40.0 Å². The van der Waals surface area contributed by atoms with E-state index in [4.69, 9.17) is 0 Å². The lowest BCUT2D eigenvalue weighted by Crippen LogP contribution is -2.04. The largest absolute Gasteiger partial charge is 0.369 e. The first-order valence-corrected chi connectivity index (χ1v) is 14.1. The third-order valence-corrected chi connectivity index (χ3v) is 7.10. The van der Waals surface area contributed by atoms with Crippen LogP contribution in [0.3, 0.4) is 0 Å². The molecular weight excluding hydrogens is 398 g/mol. The Morgan fingerprint density at radius 3 is 1.94 bits per heavy atom. The Balaban J connectivity index is 1.31. The van der Waals surface area contributed by atoms with Crippen molar-refractivity contribution >= 4 is 28.5 Å². The quantitative estimate of drug-likeness (QED) is 0.208. The molecule has 2 rings (SSSR count). The van der Waals surface area contributed by atoms with E-state index in [-0.39, 0.29) is 0 Å². The second-order valence-electron chi connectivity index (χ2n) is 8.73. The maximum absolute atomic E-state index is 4.40. The molecule has 0 spiro atoms. The summed E-state index contributed by atoms with van der Waals surface area (Å²) in [5.41, 5.74) is 1.01. The van der Waals surface area contributed by atoms with Crippen LogP contribution in [0.1, 0.15) is 103 Å². The van der Waals surface area contributed by atoms with E-state index in [1.807, 2.05) is 18.2 Å². The van der Waals surface area contributed by atoms with Crippen LogP contribution in [-0.2, 0) is 0 Å². The van der Waals surface area contributed by atoms with E-state index in [1.165, 1.54) is 108 Å². The summed E-state index contributed by atoms with van der Waals surface area (Å²) in [6.45, 7) is 3.29. The third-order valence-electron chi connectivity index (χ3n) is 5.94. The fourth-order valence-electron chi connectivity index (χ4n) is 4.01. The number of benzene rings is 1. The van der Waals surface area contributed by atoms with Crippen molar-refractivity contribution in [3.05, 3.63) is 30.6 Å². The van der Waals surface area contributed by atoms with Crippen molar-refractivity contribution in [1.29, 1.82) is 0 Å². The minimum Gasteiger partial charge on any atom is -0.369 e. The highest BCUT2D eigenvalue weighted by atomic mass is 32.2. The van der Waals surface area contributed by atoms with Crippen molar-refractivity contribution in [2.75, 3.05) is 23.4 Å². The Morgan fingerprint density at radius 1 is 0.677 bits per heavy atom.